The van der Waals surface area contributed by atoms with E-state index in [2.05, 4.69) is 21.8 Å². The Balaban J connectivity index is 1.77. The number of hydrogen-bond donors (Lipinski definition) is 1. The van der Waals surface area contributed by atoms with E-state index in [-0.39, 0.29) is 11.2 Å². The smallest absolute Gasteiger partial charge is 0.211 e. The molecule has 1 atom stereocenters. The van der Waals surface area contributed by atoms with Crippen molar-refractivity contribution in [3.8, 4) is 0 Å². The molecule has 8 heteroatoms. The molecule has 0 bridgehead atoms. The first-order valence-electron chi connectivity index (χ1n) is 8.81. The molecule has 1 unspecified atom stereocenters. The molecule has 0 radical (unpaired) electrons. The van der Waals surface area contributed by atoms with Gasteiger partial charge in [0.2, 0.25) is 5.96 Å². The van der Waals surface area contributed by atoms with E-state index >= 15 is 0 Å². The van der Waals surface area contributed by atoms with Crippen molar-refractivity contribution in [2.24, 2.45) is 10.7 Å². The van der Waals surface area contributed by atoms with Crippen LogP contribution in [-0.4, -0.2) is 39.0 Å². The maximum Gasteiger partial charge on any atom is 0.211 e. The van der Waals surface area contributed by atoms with Crippen molar-refractivity contribution in [1.82, 2.24) is 14.5 Å². The van der Waals surface area contributed by atoms with Crippen LogP contribution < -0.4 is 5.73 Å². The number of rotatable bonds is 1. The zero-order chi connectivity index (χ0) is 19.2. The summed E-state index contributed by atoms with van der Waals surface area (Å²) in [5.74, 6) is 0.801. The van der Waals surface area contributed by atoms with Crippen LogP contribution >= 0.6 is 23.2 Å². The van der Waals surface area contributed by atoms with Crippen molar-refractivity contribution in [2.75, 3.05) is 13.1 Å². The predicted octanol–water partition coefficient (Wildman–Crippen LogP) is 4.16. The van der Waals surface area contributed by atoms with Crippen molar-refractivity contribution in [3.05, 3.63) is 64.1 Å². The van der Waals surface area contributed by atoms with Gasteiger partial charge in [-0.05, 0) is 31.4 Å². The summed E-state index contributed by atoms with van der Waals surface area (Å²) in [6.45, 7) is 3.57. The van der Waals surface area contributed by atoms with Gasteiger partial charge in [-0.15, -0.1) is 0 Å². The largest absolute Gasteiger partial charge is 0.342 e. The zero-order valence-corrected chi connectivity index (χ0v) is 16.4. The van der Waals surface area contributed by atoms with E-state index in [4.69, 9.17) is 28.9 Å². The van der Waals surface area contributed by atoms with E-state index < -0.39 is 5.92 Å². The summed E-state index contributed by atoms with van der Waals surface area (Å²) in [4.78, 5) is 11.2. The van der Waals surface area contributed by atoms with Gasteiger partial charge in [-0.3, -0.25) is 4.57 Å². The van der Waals surface area contributed by atoms with E-state index in [9.17, 15) is 4.39 Å². The molecule has 2 N–H and O–H groups in total. The van der Waals surface area contributed by atoms with Crippen LogP contribution in [-0.2, 0) is 0 Å². The minimum atomic E-state index is -0.524. The zero-order valence-electron chi connectivity index (χ0n) is 14.9. The van der Waals surface area contributed by atoms with Gasteiger partial charge in [0.15, 0.2) is 0 Å². The molecule has 2 aromatic rings. The molecule has 2 aliphatic rings. The normalized spacial score (nSPS) is 23.3. The van der Waals surface area contributed by atoms with Crippen molar-refractivity contribution >= 4 is 29.2 Å². The second-order valence-electron chi connectivity index (χ2n) is 7.32. The summed E-state index contributed by atoms with van der Waals surface area (Å²) in [7, 11) is 0. The number of halogens is 3. The van der Waals surface area contributed by atoms with Gasteiger partial charge in [0.05, 0.1) is 21.7 Å². The summed E-state index contributed by atoms with van der Waals surface area (Å²) in [6.07, 6.45) is 5.74. The number of imidazole rings is 1. The van der Waals surface area contributed by atoms with Gasteiger partial charge in [0.25, 0.3) is 0 Å². The Morgan fingerprint density at radius 2 is 2.04 bits per heavy atom. The molecule has 1 fully saturated rings. The fourth-order valence-electron chi connectivity index (χ4n) is 3.63. The first-order valence-corrected chi connectivity index (χ1v) is 9.57. The summed E-state index contributed by atoms with van der Waals surface area (Å²) in [6, 6.07) is 5.31. The van der Waals surface area contributed by atoms with Gasteiger partial charge in [0.1, 0.15) is 12.2 Å². The van der Waals surface area contributed by atoms with Gasteiger partial charge in [-0.2, -0.15) is 0 Å². The number of hydrogen-bond acceptors (Lipinski definition) is 4. The Labute approximate surface area is 167 Å². The molecule has 0 spiro atoms. The quantitative estimate of drug-likeness (QED) is 0.771. The van der Waals surface area contributed by atoms with E-state index in [1.807, 2.05) is 16.8 Å². The van der Waals surface area contributed by atoms with Crippen LogP contribution in [0.3, 0.4) is 0 Å². The maximum atomic E-state index is 13.9. The van der Waals surface area contributed by atoms with Gasteiger partial charge < -0.3 is 10.6 Å². The van der Waals surface area contributed by atoms with E-state index in [1.54, 1.807) is 18.3 Å². The number of benzene rings is 1. The molecule has 0 saturated carbocycles. The van der Waals surface area contributed by atoms with Crippen molar-refractivity contribution < 1.29 is 4.39 Å². The fraction of sp³-hybridized carbons (Fsp3) is 0.368. The van der Waals surface area contributed by atoms with Crippen LogP contribution in [0, 0.1) is 0 Å². The highest BCUT2D eigenvalue weighted by molar-refractivity contribution is 6.42. The van der Waals surface area contributed by atoms with E-state index in [0.717, 1.165) is 25.9 Å². The second-order valence-corrected chi connectivity index (χ2v) is 8.10. The van der Waals surface area contributed by atoms with Crippen LogP contribution in [0.5, 0.6) is 0 Å². The molecule has 1 saturated heterocycles. The molecule has 0 aliphatic carbocycles. The summed E-state index contributed by atoms with van der Waals surface area (Å²) >= 11 is 12.6. The van der Waals surface area contributed by atoms with Crippen LogP contribution in [0.4, 0.5) is 4.39 Å². The third-order valence-electron chi connectivity index (χ3n) is 5.26. The molecular weight excluding hydrogens is 388 g/mol. The fourth-order valence-corrected chi connectivity index (χ4v) is 4.05. The molecule has 0 amide bonds. The number of piperidine rings is 1. The molecule has 2 aliphatic heterocycles. The number of aromatic nitrogens is 2. The number of fused-ring (bicyclic) bond motifs is 1. The second kappa shape index (κ2) is 6.93. The third-order valence-corrected chi connectivity index (χ3v) is 6.09. The molecule has 142 valence electrons. The lowest BCUT2D eigenvalue weighted by Gasteiger charge is -2.40. The monoisotopic (exact) mass is 407 g/mol. The average molecular weight is 408 g/mol. The molecule has 4 rings (SSSR count). The van der Waals surface area contributed by atoms with Crippen LogP contribution in [0.25, 0.3) is 0 Å². The molecule has 1 aromatic heterocycles. The van der Waals surface area contributed by atoms with Crippen LogP contribution in [0.2, 0.25) is 10.0 Å². The molecule has 3 heterocycles. The Morgan fingerprint density at radius 3 is 2.74 bits per heavy atom. The number of nitrogens with two attached hydrogens (primary N) is 1. The molecular formula is C19H20Cl2FN5. The third kappa shape index (κ3) is 3.26. The highest BCUT2D eigenvalue weighted by atomic mass is 35.5. The van der Waals surface area contributed by atoms with Crippen LogP contribution in [0.15, 0.2) is 47.6 Å². The summed E-state index contributed by atoms with van der Waals surface area (Å²) in [5.41, 5.74) is 7.00. The average Bonchev–Trinajstić information content (AvgIpc) is 3.13. The van der Waals surface area contributed by atoms with Crippen molar-refractivity contribution in [1.29, 1.82) is 0 Å². The van der Waals surface area contributed by atoms with Gasteiger partial charge in [-0.1, -0.05) is 35.3 Å². The lowest BCUT2D eigenvalue weighted by Crippen LogP contribution is -2.51. The Morgan fingerprint density at radius 1 is 1.30 bits per heavy atom. The minimum Gasteiger partial charge on any atom is -0.342 e. The lowest BCUT2D eigenvalue weighted by atomic mass is 9.91. The number of aliphatic imine (C=N–C) groups is 1. The predicted molar refractivity (Wildman–Crippen MR) is 106 cm³/mol. The summed E-state index contributed by atoms with van der Waals surface area (Å²) in [5, 5.41) is 0.798. The van der Waals surface area contributed by atoms with Crippen molar-refractivity contribution in [3.63, 3.8) is 0 Å². The van der Waals surface area contributed by atoms with Gasteiger partial charge in [-0.25, -0.2) is 14.4 Å². The number of allylic oxidation sites excluding steroid dienone is 1. The SMILES string of the molecule is CC1(N)CCN(C2=NC(=CF)C(c3cccc(Cl)c3Cl)c3nccn32)CC1. The van der Waals surface area contributed by atoms with E-state index in [0.29, 0.717) is 33.7 Å². The lowest BCUT2D eigenvalue weighted by molar-refractivity contribution is 0.239. The van der Waals surface area contributed by atoms with Crippen LogP contribution in [0.1, 0.15) is 37.1 Å². The molecule has 5 nitrogen and oxygen atoms in total. The maximum absolute atomic E-state index is 13.9. The van der Waals surface area contributed by atoms with Gasteiger partial charge in [0, 0.05) is 31.0 Å². The van der Waals surface area contributed by atoms with E-state index in [1.165, 1.54) is 0 Å². The highest BCUT2D eigenvalue weighted by Gasteiger charge is 2.35. The van der Waals surface area contributed by atoms with Crippen molar-refractivity contribution in [2.45, 2.75) is 31.2 Å². The van der Waals surface area contributed by atoms with Gasteiger partial charge >= 0.3 is 0 Å². The standard InChI is InChI=1S/C19H20Cl2FN5/c1-19(23)5-8-26(9-6-19)18-25-14(11-22)15(17-24-7-10-27(17)18)12-3-2-4-13(20)16(12)21/h2-4,7,10-11,15H,5-6,8-9,23H2,1H3. The first-order chi connectivity index (χ1) is 12.9. The summed E-state index contributed by atoms with van der Waals surface area (Å²) < 4.78 is 15.8. The molecule has 27 heavy (non-hydrogen) atoms. The first kappa shape index (κ1) is 18.5. The number of likely N-dealkylation sites (tertiary alicyclic amines) is 1. The Kier molecular flexibility index (Phi) is 4.74. The Bertz CT molecular complexity index is 924. The Hall–Kier alpha value is -1.89. The number of nitrogens with zero attached hydrogens (tertiary/aromatic N) is 4. The highest BCUT2D eigenvalue weighted by Crippen LogP contribution is 2.41. The minimum absolute atomic E-state index is 0.181. The topological polar surface area (TPSA) is 59.4 Å². The molecule has 1 aromatic carbocycles.